The second-order valence-corrected chi connectivity index (χ2v) is 9.54. The lowest BCUT2D eigenvalue weighted by Gasteiger charge is -2.26. The Morgan fingerprint density at radius 1 is 0.781 bits per heavy atom. The molecule has 0 unspecified atom stereocenters. The summed E-state index contributed by atoms with van der Waals surface area (Å²) in [6, 6.07) is -2.54. The zero-order valence-electron chi connectivity index (χ0n) is 20.2. The van der Waals surface area contributed by atoms with Gasteiger partial charge in [-0.3, -0.25) is 24.0 Å². The number of nitrogens with one attached hydrogen (secondary N) is 4. The second kappa shape index (κ2) is 13.2. The van der Waals surface area contributed by atoms with Crippen molar-refractivity contribution in [3.63, 3.8) is 0 Å². The summed E-state index contributed by atoms with van der Waals surface area (Å²) in [6.45, 7) is 10.9. The van der Waals surface area contributed by atoms with Crippen LogP contribution in [0.25, 0.3) is 0 Å². The minimum absolute atomic E-state index is 0.0454. The molecule has 0 aromatic carbocycles. The number of Topliss-reactive ketones (excluding diaryl/α,β-unsaturated/α-hetero) is 1. The lowest BCUT2D eigenvalue weighted by molar-refractivity contribution is -0.140. The van der Waals surface area contributed by atoms with Crippen molar-refractivity contribution in [2.24, 2.45) is 11.8 Å². The minimum atomic E-state index is -0.945. The third-order valence-corrected chi connectivity index (χ3v) is 5.09. The van der Waals surface area contributed by atoms with Gasteiger partial charge in [-0.05, 0) is 43.9 Å². The average Bonchev–Trinajstić information content (AvgIpc) is 3.48. The lowest BCUT2D eigenvalue weighted by atomic mass is 9.99. The molecule has 0 bridgehead atoms. The molecule has 1 aliphatic rings. The van der Waals surface area contributed by atoms with Crippen LogP contribution in [0.15, 0.2) is 0 Å². The molecule has 9 heteroatoms. The van der Waals surface area contributed by atoms with Gasteiger partial charge in [-0.2, -0.15) is 0 Å². The van der Waals surface area contributed by atoms with E-state index in [0.29, 0.717) is 25.7 Å². The van der Waals surface area contributed by atoms with Gasteiger partial charge >= 0.3 is 0 Å². The quantitative estimate of drug-likeness (QED) is 0.294. The van der Waals surface area contributed by atoms with E-state index in [1.165, 1.54) is 6.92 Å². The van der Waals surface area contributed by atoms with E-state index in [9.17, 15) is 24.0 Å². The molecule has 32 heavy (non-hydrogen) atoms. The van der Waals surface area contributed by atoms with Crippen LogP contribution in [0.5, 0.6) is 0 Å². The SMILES string of the molecule is CCC[C@H](NC(=O)[C@H](CC(C)C)NC(=O)[C@H](CC(C)C)NC(C)=O)C(=O)C(=O)NC1CC1. The Kier molecular flexibility index (Phi) is 11.4. The molecule has 1 aliphatic carbocycles. The highest BCUT2D eigenvalue weighted by molar-refractivity contribution is 6.38. The minimum Gasteiger partial charge on any atom is -0.347 e. The topological polar surface area (TPSA) is 133 Å². The molecule has 1 rings (SSSR count). The number of rotatable bonds is 14. The van der Waals surface area contributed by atoms with Crippen molar-refractivity contribution in [3.05, 3.63) is 0 Å². The van der Waals surface area contributed by atoms with Gasteiger partial charge in [0.15, 0.2) is 0 Å². The highest BCUT2D eigenvalue weighted by atomic mass is 16.2. The summed E-state index contributed by atoms with van der Waals surface area (Å²) in [5.41, 5.74) is 0. The molecule has 0 heterocycles. The van der Waals surface area contributed by atoms with Crippen molar-refractivity contribution >= 4 is 29.4 Å². The van der Waals surface area contributed by atoms with E-state index >= 15 is 0 Å². The number of carbonyl (C=O) groups is 5. The van der Waals surface area contributed by atoms with Crippen LogP contribution in [0.3, 0.4) is 0 Å². The highest BCUT2D eigenvalue weighted by Gasteiger charge is 2.33. The first-order valence-electron chi connectivity index (χ1n) is 11.7. The summed E-state index contributed by atoms with van der Waals surface area (Å²) in [5.74, 6) is -2.38. The molecule has 0 radical (unpaired) electrons. The number of ketones is 1. The maximum absolute atomic E-state index is 13.0. The molecule has 182 valence electrons. The first kappa shape index (κ1) is 27.6. The Hall–Kier alpha value is -2.45. The van der Waals surface area contributed by atoms with E-state index in [0.717, 1.165) is 12.8 Å². The van der Waals surface area contributed by atoms with Gasteiger partial charge in [0.25, 0.3) is 5.91 Å². The van der Waals surface area contributed by atoms with Gasteiger partial charge in [0.1, 0.15) is 12.1 Å². The van der Waals surface area contributed by atoms with Crippen molar-refractivity contribution < 1.29 is 24.0 Å². The molecule has 4 amide bonds. The van der Waals surface area contributed by atoms with Gasteiger partial charge in [0, 0.05) is 13.0 Å². The fraction of sp³-hybridized carbons (Fsp3) is 0.783. The van der Waals surface area contributed by atoms with Gasteiger partial charge in [0.05, 0.1) is 6.04 Å². The van der Waals surface area contributed by atoms with Crippen molar-refractivity contribution in [1.82, 2.24) is 21.3 Å². The van der Waals surface area contributed by atoms with Crippen molar-refractivity contribution in [2.75, 3.05) is 0 Å². The predicted molar refractivity (Wildman–Crippen MR) is 121 cm³/mol. The van der Waals surface area contributed by atoms with Gasteiger partial charge < -0.3 is 21.3 Å². The van der Waals surface area contributed by atoms with Gasteiger partial charge in [-0.15, -0.1) is 0 Å². The monoisotopic (exact) mass is 452 g/mol. The van der Waals surface area contributed by atoms with Crippen LogP contribution in [-0.2, 0) is 24.0 Å². The summed E-state index contributed by atoms with van der Waals surface area (Å²) in [4.78, 5) is 62.2. The maximum Gasteiger partial charge on any atom is 0.289 e. The third-order valence-electron chi connectivity index (χ3n) is 5.09. The molecule has 1 fully saturated rings. The zero-order chi connectivity index (χ0) is 24.4. The van der Waals surface area contributed by atoms with Crippen LogP contribution in [-0.4, -0.2) is 53.6 Å². The number of amides is 4. The van der Waals surface area contributed by atoms with Crippen LogP contribution in [0.1, 0.15) is 80.1 Å². The molecular formula is C23H40N4O5. The highest BCUT2D eigenvalue weighted by Crippen LogP contribution is 2.18. The van der Waals surface area contributed by atoms with Gasteiger partial charge in [-0.1, -0.05) is 41.0 Å². The van der Waals surface area contributed by atoms with Crippen molar-refractivity contribution in [1.29, 1.82) is 0 Å². The molecule has 0 spiro atoms. The Morgan fingerprint density at radius 2 is 1.25 bits per heavy atom. The molecular weight excluding hydrogens is 412 g/mol. The van der Waals surface area contributed by atoms with Crippen LogP contribution < -0.4 is 21.3 Å². The molecule has 0 aromatic rings. The Bertz CT molecular complexity index is 688. The third kappa shape index (κ3) is 10.2. The summed E-state index contributed by atoms with van der Waals surface area (Å²) in [7, 11) is 0. The number of hydrogen-bond acceptors (Lipinski definition) is 5. The zero-order valence-corrected chi connectivity index (χ0v) is 20.2. The second-order valence-electron chi connectivity index (χ2n) is 9.54. The molecule has 3 atom stereocenters. The summed E-state index contributed by atoms with van der Waals surface area (Å²) in [5, 5.41) is 10.7. The Labute approximate surface area is 191 Å². The van der Waals surface area contributed by atoms with E-state index in [1.807, 2.05) is 34.6 Å². The van der Waals surface area contributed by atoms with Crippen LogP contribution in [0.2, 0.25) is 0 Å². The molecule has 0 aliphatic heterocycles. The lowest BCUT2D eigenvalue weighted by Crippen LogP contribution is -2.57. The average molecular weight is 453 g/mol. The van der Waals surface area contributed by atoms with Crippen molar-refractivity contribution in [2.45, 2.75) is 104 Å². The Balaban J connectivity index is 2.90. The van der Waals surface area contributed by atoms with Crippen LogP contribution in [0, 0.1) is 11.8 Å². The standard InChI is InChI=1S/C23H40N4O5/c1-7-8-17(20(29)23(32)25-16-9-10-16)26-22(31)19(12-14(4)5)27-21(30)18(11-13(2)3)24-15(6)28/h13-14,16-19H,7-12H2,1-6H3,(H,24,28)(H,25,32)(H,26,31)(H,27,30)/t17-,18-,19-/m0/s1. The van der Waals surface area contributed by atoms with Gasteiger partial charge in [0.2, 0.25) is 23.5 Å². The molecule has 0 saturated heterocycles. The Morgan fingerprint density at radius 3 is 1.66 bits per heavy atom. The first-order valence-corrected chi connectivity index (χ1v) is 11.7. The van der Waals surface area contributed by atoms with E-state index in [2.05, 4.69) is 21.3 Å². The molecule has 1 saturated carbocycles. The number of hydrogen-bond donors (Lipinski definition) is 4. The molecule has 9 nitrogen and oxygen atoms in total. The summed E-state index contributed by atoms with van der Waals surface area (Å²) in [6.07, 6.45) is 3.43. The van der Waals surface area contributed by atoms with Crippen LogP contribution >= 0.6 is 0 Å². The smallest absolute Gasteiger partial charge is 0.289 e. The largest absolute Gasteiger partial charge is 0.347 e. The van der Waals surface area contributed by atoms with Crippen molar-refractivity contribution in [3.8, 4) is 0 Å². The van der Waals surface area contributed by atoms with Gasteiger partial charge in [-0.25, -0.2) is 0 Å². The van der Waals surface area contributed by atoms with E-state index in [-0.39, 0.29) is 23.8 Å². The maximum atomic E-state index is 13.0. The predicted octanol–water partition coefficient (Wildman–Crippen LogP) is 1.20. The summed E-state index contributed by atoms with van der Waals surface area (Å²) < 4.78 is 0. The number of carbonyl (C=O) groups excluding carboxylic acids is 5. The normalized spacial score (nSPS) is 16.1. The van der Waals surface area contributed by atoms with Crippen LogP contribution in [0.4, 0.5) is 0 Å². The van der Waals surface area contributed by atoms with E-state index in [4.69, 9.17) is 0 Å². The summed E-state index contributed by atoms with van der Waals surface area (Å²) >= 11 is 0. The van der Waals surface area contributed by atoms with E-state index < -0.39 is 41.6 Å². The molecule has 0 aromatic heterocycles. The first-order chi connectivity index (χ1) is 14.9. The fourth-order valence-electron chi connectivity index (χ4n) is 3.40. The van der Waals surface area contributed by atoms with E-state index in [1.54, 1.807) is 0 Å². The fourth-order valence-corrected chi connectivity index (χ4v) is 3.40. The molecule has 4 N–H and O–H groups in total.